The van der Waals surface area contributed by atoms with Gasteiger partial charge in [0.1, 0.15) is 5.75 Å². The molecule has 0 aliphatic carbocycles. The van der Waals surface area contributed by atoms with Crippen LogP contribution in [0.1, 0.15) is 28.5 Å². The lowest BCUT2D eigenvalue weighted by molar-refractivity contribution is 0.0527. The molecule has 3 aromatic rings. The lowest BCUT2D eigenvalue weighted by atomic mass is 10.0. The van der Waals surface area contributed by atoms with Crippen molar-refractivity contribution in [3.63, 3.8) is 0 Å². The van der Waals surface area contributed by atoms with Gasteiger partial charge in [-0.3, -0.25) is 0 Å². The van der Waals surface area contributed by atoms with Crippen LogP contribution in [0.3, 0.4) is 0 Å². The molecule has 1 heterocycles. The fourth-order valence-electron chi connectivity index (χ4n) is 3.44. The molecule has 0 bridgehead atoms. The summed E-state index contributed by atoms with van der Waals surface area (Å²) >= 11 is 6.19. The molecule has 6 heteroatoms. The van der Waals surface area contributed by atoms with Crippen molar-refractivity contribution in [2.24, 2.45) is 0 Å². The first kappa shape index (κ1) is 19.3. The Bertz CT molecular complexity index is 1010. The van der Waals surface area contributed by atoms with Crippen molar-refractivity contribution in [3.05, 3.63) is 58.2 Å². The first-order chi connectivity index (χ1) is 12.8. The van der Waals surface area contributed by atoms with Gasteiger partial charge in [-0.2, -0.15) is 0 Å². The number of carbonyl (C=O) groups is 1. The summed E-state index contributed by atoms with van der Waals surface area (Å²) in [5, 5.41) is 11.8. The van der Waals surface area contributed by atoms with Crippen molar-refractivity contribution < 1.29 is 14.6 Å². The van der Waals surface area contributed by atoms with Gasteiger partial charge in [0.05, 0.1) is 17.7 Å². The average Bonchev–Trinajstić information content (AvgIpc) is 2.90. The lowest BCUT2D eigenvalue weighted by Crippen LogP contribution is -2.12. The van der Waals surface area contributed by atoms with E-state index in [1.54, 1.807) is 13.0 Å². The highest BCUT2D eigenvalue weighted by atomic mass is 35.5. The highest BCUT2D eigenvalue weighted by Gasteiger charge is 2.25. The Morgan fingerprint density at radius 1 is 1.26 bits per heavy atom. The number of aromatic hydroxyl groups is 1. The number of phenols is 1. The van der Waals surface area contributed by atoms with Crippen LogP contribution < -0.4 is 0 Å². The number of aromatic nitrogens is 1. The number of hydrogen-bond donors (Lipinski definition) is 1. The van der Waals surface area contributed by atoms with Gasteiger partial charge in [0.2, 0.25) is 0 Å². The summed E-state index contributed by atoms with van der Waals surface area (Å²) < 4.78 is 7.29. The van der Waals surface area contributed by atoms with E-state index in [4.69, 9.17) is 16.3 Å². The Labute approximate surface area is 163 Å². The Kier molecular flexibility index (Phi) is 5.44. The van der Waals surface area contributed by atoms with Crippen LogP contribution in [0.5, 0.6) is 5.75 Å². The van der Waals surface area contributed by atoms with E-state index in [-0.39, 0.29) is 12.4 Å². The highest BCUT2D eigenvalue weighted by Crippen LogP contribution is 2.37. The van der Waals surface area contributed by atoms with Crippen LogP contribution in [0.4, 0.5) is 0 Å². The number of carbonyl (C=O) groups excluding carboxylic acids is 1. The van der Waals surface area contributed by atoms with Gasteiger partial charge in [-0.05, 0) is 58.3 Å². The molecule has 0 saturated heterocycles. The quantitative estimate of drug-likeness (QED) is 0.654. The van der Waals surface area contributed by atoms with Crippen LogP contribution in [0.25, 0.3) is 16.6 Å². The van der Waals surface area contributed by atoms with Crippen molar-refractivity contribution in [1.29, 1.82) is 0 Å². The van der Waals surface area contributed by atoms with Crippen LogP contribution in [0.2, 0.25) is 5.02 Å². The number of phenolic OH excluding ortho intramolecular Hbond substituents is 1. The van der Waals surface area contributed by atoms with E-state index in [9.17, 15) is 9.90 Å². The molecule has 0 aliphatic heterocycles. The smallest absolute Gasteiger partial charge is 0.340 e. The first-order valence-corrected chi connectivity index (χ1v) is 9.16. The van der Waals surface area contributed by atoms with Crippen molar-refractivity contribution in [2.75, 3.05) is 20.7 Å². The van der Waals surface area contributed by atoms with Gasteiger partial charge >= 0.3 is 5.97 Å². The van der Waals surface area contributed by atoms with Gasteiger partial charge in [0.25, 0.3) is 0 Å². The van der Waals surface area contributed by atoms with Gasteiger partial charge in [0, 0.05) is 33.9 Å². The number of esters is 1. The molecule has 2 aromatic carbocycles. The fraction of sp³-hybridized carbons (Fsp3) is 0.286. The number of benzene rings is 2. The Morgan fingerprint density at radius 2 is 2.00 bits per heavy atom. The zero-order valence-electron chi connectivity index (χ0n) is 15.9. The number of ether oxygens (including phenoxy) is 1. The van der Waals surface area contributed by atoms with Gasteiger partial charge in [-0.1, -0.05) is 17.7 Å². The van der Waals surface area contributed by atoms with E-state index < -0.39 is 5.97 Å². The summed E-state index contributed by atoms with van der Waals surface area (Å²) in [4.78, 5) is 14.7. The lowest BCUT2D eigenvalue weighted by Gasteiger charge is -2.14. The van der Waals surface area contributed by atoms with Gasteiger partial charge in [0.15, 0.2) is 0 Å². The van der Waals surface area contributed by atoms with Crippen molar-refractivity contribution in [1.82, 2.24) is 9.47 Å². The summed E-state index contributed by atoms with van der Waals surface area (Å²) in [5.41, 5.74) is 3.59. The number of nitrogens with zero attached hydrogens (tertiary/aromatic N) is 2. The largest absolute Gasteiger partial charge is 0.508 e. The molecular weight excluding hydrogens is 364 g/mol. The molecule has 0 amide bonds. The predicted molar refractivity (Wildman–Crippen MR) is 108 cm³/mol. The second kappa shape index (κ2) is 7.62. The molecule has 0 atom stereocenters. The molecule has 0 radical (unpaired) electrons. The summed E-state index contributed by atoms with van der Waals surface area (Å²) in [7, 11) is 3.84. The normalized spacial score (nSPS) is 11.3. The summed E-state index contributed by atoms with van der Waals surface area (Å²) in [5.74, 6) is -0.239. The monoisotopic (exact) mass is 386 g/mol. The summed E-state index contributed by atoms with van der Waals surface area (Å²) in [6, 6.07) is 10.9. The van der Waals surface area contributed by atoms with E-state index in [2.05, 4.69) is 0 Å². The molecule has 0 aliphatic rings. The number of hydrogen-bond acceptors (Lipinski definition) is 4. The Hall–Kier alpha value is -2.50. The molecule has 0 unspecified atom stereocenters. The number of halogens is 1. The van der Waals surface area contributed by atoms with E-state index in [1.165, 1.54) is 0 Å². The zero-order valence-corrected chi connectivity index (χ0v) is 16.7. The molecule has 1 aromatic heterocycles. The third-order valence-electron chi connectivity index (χ3n) is 4.47. The number of rotatable bonds is 5. The topological polar surface area (TPSA) is 54.7 Å². The summed E-state index contributed by atoms with van der Waals surface area (Å²) in [6.07, 6.45) is 0. The molecule has 0 saturated carbocycles. The molecule has 3 rings (SSSR count). The molecule has 142 valence electrons. The van der Waals surface area contributed by atoms with Crippen LogP contribution in [-0.4, -0.2) is 41.2 Å². The Balaban J connectivity index is 2.41. The van der Waals surface area contributed by atoms with Crippen molar-refractivity contribution >= 4 is 28.5 Å². The molecule has 0 fully saturated rings. The van der Waals surface area contributed by atoms with E-state index >= 15 is 0 Å². The van der Waals surface area contributed by atoms with Crippen molar-refractivity contribution in [3.8, 4) is 11.4 Å². The third kappa shape index (κ3) is 3.53. The van der Waals surface area contributed by atoms with Crippen LogP contribution in [0, 0.1) is 6.92 Å². The van der Waals surface area contributed by atoms with Gasteiger partial charge in [-0.25, -0.2) is 4.79 Å². The van der Waals surface area contributed by atoms with E-state index in [0.29, 0.717) is 28.1 Å². The van der Waals surface area contributed by atoms with E-state index in [1.807, 2.05) is 60.8 Å². The van der Waals surface area contributed by atoms with Crippen LogP contribution >= 0.6 is 11.6 Å². The molecule has 1 N–H and O–H groups in total. The summed E-state index contributed by atoms with van der Waals surface area (Å²) in [6.45, 7) is 4.43. The van der Waals surface area contributed by atoms with Crippen LogP contribution in [0.15, 0.2) is 36.4 Å². The van der Waals surface area contributed by atoms with E-state index in [0.717, 1.165) is 16.9 Å². The predicted octanol–water partition coefficient (Wildman–Crippen LogP) is 4.54. The minimum Gasteiger partial charge on any atom is -0.508 e. The maximum Gasteiger partial charge on any atom is 0.340 e. The zero-order chi connectivity index (χ0) is 19.7. The second-order valence-corrected chi connectivity index (χ2v) is 7.13. The highest BCUT2D eigenvalue weighted by molar-refractivity contribution is 6.30. The molecule has 0 spiro atoms. The maximum absolute atomic E-state index is 12.8. The molecular formula is C21H23ClN2O3. The van der Waals surface area contributed by atoms with Gasteiger partial charge < -0.3 is 19.3 Å². The van der Waals surface area contributed by atoms with Crippen molar-refractivity contribution in [2.45, 2.75) is 20.4 Å². The fourth-order valence-corrected chi connectivity index (χ4v) is 3.62. The third-order valence-corrected chi connectivity index (χ3v) is 4.71. The second-order valence-electron chi connectivity index (χ2n) is 6.69. The number of fused-ring (bicyclic) bond motifs is 1. The van der Waals surface area contributed by atoms with Crippen LogP contribution in [-0.2, 0) is 11.3 Å². The maximum atomic E-state index is 12.8. The Morgan fingerprint density at radius 3 is 2.63 bits per heavy atom. The first-order valence-electron chi connectivity index (χ1n) is 8.78. The SMILES string of the molecule is CCOC(=O)c1c(C)n(-c2cccc(Cl)c2)c2ccc(O)c(CN(C)C)c12. The molecule has 27 heavy (non-hydrogen) atoms. The standard InChI is InChI=1S/C21H23ClN2O3/c1-5-27-21(26)19-13(2)24(15-8-6-7-14(22)11-15)17-9-10-18(25)16(20(17)19)12-23(3)4/h6-11,25H,5,12H2,1-4H3. The minimum absolute atomic E-state index is 0.157. The minimum atomic E-state index is -0.397. The van der Waals surface area contributed by atoms with Gasteiger partial charge in [-0.15, -0.1) is 0 Å². The average molecular weight is 387 g/mol. The molecule has 5 nitrogen and oxygen atoms in total.